The molecule has 5 heterocycles. The number of amidine groups is 2. The summed E-state index contributed by atoms with van der Waals surface area (Å²) >= 11 is 7.41. The predicted molar refractivity (Wildman–Crippen MR) is 162 cm³/mol. The van der Waals surface area contributed by atoms with E-state index in [1.165, 1.54) is 0 Å². The third-order valence-electron chi connectivity index (χ3n) is 8.33. The van der Waals surface area contributed by atoms with E-state index in [1.54, 1.807) is 0 Å². The third kappa shape index (κ3) is 2.51. The van der Waals surface area contributed by atoms with Crippen LogP contribution in [0.4, 0.5) is 11.6 Å². The number of aromatic nitrogens is 2. The third-order valence-corrected chi connectivity index (χ3v) is 8.72. The van der Waals surface area contributed by atoms with Gasteiger partial charge in [-0.2, -0.15) is 0 Å². The second-order valence-corrected chi connectivity index (χ2v) is 10.9. The van der Waals surface area contributed by atoms with Gasteiger partial charge in [-0.1, -0.05) is 72.8 Å². The van der Waals surface area contributed by atoms with Crippen LogP contribution in [0.15, 0.2) is 117 Å². The number of benzene rings is 5. The lowest BCUT2D eigenvalue weighted by atomic mass is 10.0. The maximum atomic E-state index is 7.41. The van der Waals surface area contributed by atoms with Crippen molar-refractivity contribution in [2.75, 3.05) is 0 Å². The average Bonchev–Trinajstić information content (AvgIpc) is 3.60. The maximum Gasteiger partial charge on any atom is 0.499 e. The van der Waals surface area contributed by atoms with E-state index in [0.29, 0.717) is 11.7 Å². The molecule has 40 heavy (non-hydrogen) atoms. The Morgan fingerprint density at radius 2 is 0.950 bits per heavy atom. The van der Waals surface area contributed by atoms with Gasteiger partial charge in [0.2, 0.25) is 0 Å². The molecule has 0 saturated carbocycles. The Morgan fingerprint density at radius 3 is 1.55 bits per heavy atom. The summed E-state index contributed by atoms with van der Waals surface area (Å²) in [5.41, 5.74) is 3.47. The van der Waals surface area contributed by atoms with Crippen molar-refractivity contribution in [3.8, 4) is 0 Å². The van der Waals surface area contributed by atoms with Crippen LogP contribution in [0.3, 0.4) is 0 Å². The summed E-state index contributed by atoms with van der Waals surface area (Å²) in [5.74, 6) is 2.81. The molecule has 0 amide bonds. The Labute approximate surface area is 231 Å². The smallest absolute Gasteiger partial charge is 0.319 e. The molecule has 10 rings (SSSR count). The molecule has 4 bridgehead atoms. The number of halogens is 1. The first-order valence-electron chi connectivity index (χ1n) is 13.2. The van der Waals surface area contributed by atoms with E-state index >= 15 is 0 Å². The highest BCUT2D eigenvalue weighted by Gasteiger charge is 2.35. The molecule has 8 heteroatoms. The van der Waals surface area contributed by atoms with Crippen LogP contribution in [-0.4, -0.2) is 27.0 Å². The SMILES string of the molecule is ClB1n2c3c4ccccc4c2N=c2c4cc5ccccc5cc4c(n21)=NC1=NC(=N3)c2cc3ccccc3cc21. The van der Waals surface area contributed by atoms with E-state index in [4.69, 9.17) is 31.4 Å². The van der Waals surface area contributed by atoms with E-state index in [1.807, 2.05) is 21.1 Å². The van der Waals surface area contributed by atoms with Gasteiger partial charge in [0, 0.05) is 32.7 Å². The van der Waals surface area contributed by atoms with Crippen molar-refractivity contribution < 1.29 is 0 Å². The fourth-order valence-electron chi connectivity index (χ4n) is 6.48. The van der Waals surface area contributed by atoms with Crippen LogP contribution >= 0.6 is 11.5 Å². The first-order chi connectivity index (χ1) is 19.7. The molecule has 3 aliphatic heterocycles. The summed E-state index contributed by atoms with van der Waals surface area (Å²) in [6.07, 6.45) is -0.608. The molecule has 0 unspecified atom stereocenters. The molecule has 0 atom stereocenters. The Kier molecular flexibility index (Phi) is 3.73. The number of aliphatic imine (C=N–C) groups is 2. The van der Waals surface area contributed by atoms with E-state index < -0.39 is 6.40 Å². The summed E-state index contributed by atoms with van der Waals surface area (Å²) in [4.78, 5) is 20.7. The second kappa shape index (κ2) is 7.14. The van der Waals surface area contributed by atoms with Crippen molar-refractivity contribution in [2.24, 2.45) is 20.0 Å². The number of hydrogen-bond donors (Lipinski definition) is 0. The molecular formula is C32H16BClN6. The highest BCUT2D eigenvalue weighted by atomic mass is 35.5. The summed E-state index contributed by atoms with van der Waals surface area (Å²) in [6, 6.07) is 33.7. The highest BCUT2D eigenvalue weighted by molar-refractivity contribution is 7.05. The van der Waals surface area contributed by atoms with Crippen LogP contribution in [0.25, 0.3) is 43.1 Å². The van der Waals surface area contributed by atoms with Gasteiger partial charge in [0.15, 0.2) is 11.7 Å². The van der Waals surface area contributed by atoms with Gasteiger partial charge < -0.3 is 8.96 Å². The lowest BCUT2D eigenvalue weighted by molar-refractivity contribution is 0.938. The summed E-state index contributed by atoms with van der Waals surface area (Å²) in [7, 11) is 0. The zero-order valence-corrected chi connectivity index (χ0v) is 21.6. The van der Waals surface area contributed by atoms with Gasteiger partial charge >= 0.3 is 6.40 Å². The van der Waals surface area contributed by atoms with Gasteiger partial charge in [-0.15, -0.1) is 11.5 Å². The van der Waals surface area contributed by atoms with Gasteiger partial charge in [-0.05, 0) is 45.8 Å². The van der Waals surface area contributed by atoms with Crippen LogP contribution in [-0.2, 0) is 0 Å². The van der Waals surface area contributed by atoms with Gasteiger partial charge in [0.1, 0.15) is 22.6 Å². The van der Waals surface area contributed by atoms with E-state index in [2.05, 4.69) is 84.9 Å². The van der Waals surface area contributed by atoms with Crippen LogP contribution in [0.1, 0.15) is 11.1 Å². The van der Waals surface area contributed by atoms with E-state index in [0.717, 1.165) is 76.8 Å². The standard InChI is InChI=1S/C32H16BClN6/c34-33-39-29-21-11-5-6-12-22(21)30(39)38-32-26-16-20-10-4-3-9-19(20)15-25(26)31(40(32)33)37-28-24-14-18-8-2-1-7-17(18)13-23(24)27(35-28)36-29/h1-16H. The van der Waals surface area contributed by atoms with Gasteiger partial charge in [-0.3, -0.25) is 0 Å². The molecule has 5 aromatic carbocycles. The molecular weight excluding hydrogens is 515 g/mol. The summed E-state index contributed by atoms with van der Waals surface area (Å²) in [6.45, 7) is 0. The fraction of sp³-hybridized carbons (Fsp3) is 0. The topological polar surface area (TPSA) is 59.3 Å². The minimum atomic E-state index is -0.608. The fourth-order valence-corrected chi connectivity index (χ4v) is 6.85. The molecule has 2 aromatic heterocycles. The molecule has 3 aliphatic rings. The second-order valence-electron chi connectivity index (χ2n) is 10.5. The summed E-state index contributed by atoms with van der Waals surface area (Å²) in [5, 5.41) is 8.57. The van der Waals surface area contributed by atoms with E-state index in [9.17, 15) is 0 Å². The zero-order chi connectivity index (χ0) is 26.1. The van der Waals surface area contributed by atoms with Crippen LogP contribution in [0.2, 0.25) is 0 Å². The van der Waals surface area contributed by atoms with Crippen molar-refractivity contribution in [3.05, 3.63) is 119 Å². The molecule has 0 saturated heterocycles. The van der Waals surface area contributed by atoms with Crippen molar-refractivity contribution >= 4 is 84.3 Å². The normalized spacial score (nSPS) is 14.8. The van der Waals surface area contributed by atoms with Crippen molar-refractivity contribution in [1.29, 1.82) is 0 Å². The lowest BCUT2D eigenvalue weighted by Gasteiger charge is -2.18. The molecule has 7 aromatic rings. The first kappa shape index (κ1) is 20.9. The minimum absolute atomic E-state index is 0.608. The van der Waals surface area contributed by atoms with Crippen LogP contribution in [0, 0.1) is 0 Å². The average molecular weight is 531 g/mol. The lowest BCUT2D eigenvalue weighted by Crippen LogP contribution is -2.44. The number of fused-ring (bicyclic) bond motifs is 12. The Morgan fingerprint density at radius 1 is 0.475 bits per heavy atom. The van der Waals surface area contributed by atoms with Crippen LogP contribution < -0.4 is 11.0 Å². The number of hydrogen-bond acceptors (Lipinski definition) is 4. The highest BCUT2D eigenvalue weighted by Crippen LogP contribution is 2.41. The minimum Gasteiger partial charge on any atom is -0.319 e. The number of nitrogens with zero attached hydrogens (tertiary/aromatic N) is 6. The van der Waals surface area contributed by atoms with Crippen molar-refractivity contribution in [2.45, 2.75) is 0 Å². The molecule has 0 N–H and O–H groups in total. The van der Waals surface area contributed by atoms with E-state index in [-0.39, 0.29) is 0 Å². The van der Waals surface area contributed by atoms with Crippen LogP contribution in [0.5, 0.6) is 0 Å². The largest absolute Gasteiger partial charge is 0.499 e. The Balaban J connectivity index is 1.46. The zero-order valence-electron chi connectivity index (χ0n) is 20.9. The Bertz CT molecular complexity index is 2520. The van der Waals surface area contributed by atoms with Gasteiger partial charge in [0.05, 0.1) is 0 Å². The molecule has 0 radical (unpaired) electrons. The molecule has 0 aliphatic carbocycles. The number of rotatable bonds is 0. The molecule has 184 valence electrons. The molecule has 0 spiro atoms. The maximum absolute atomic E-state index is 7.41. The van der Waals surface area contributed by atoms with Crippen molar-refractivity contribution in [1.82, 2.24) is 8.96 Å². The molecule has 0 fully saturated rings. The Hall–Kier alpha value is -5.01. The first-order valence-corrected chi connectivity index (χ1v) is 13.6. The monoisotopic (exact) mass is 530 g/mol. The van der Waals surface area contributed by atoms with Gasteiger partial charge in [-0.25, -0.2) is 20.0 Å². The predicted octanol–water partition coefficient (Wildman–Crippen LogP) is 6.26. The van der Waals surface area contributed by atoms with Crippen molar-refractivity contribution in [3.63, 3.8) is 0 Å². The molecule has 6 nitrogen and oxygen atoms in total. The van der Waals surface area contributed by atoms with Gasteiger partial charge in [0.25, 0.3) is 0 Å². The summed E-state index contributed by atoms with van der Waals surface area (Å²) < 4.78 is 4.05. The quantitative estimate of drug-likeness (QED) is 0.208.